The zero-order valence-electron chi connectivity index (χ0n) is 11.3. The first-order valence-corrected chi connectivity index (χ1v) is 6.33. The summed E-state index contributed by atoms with van der Waals surface area (Å²) in [5, 5.41) is 19.9. The Morgan fingerprint density at radius 3 is 2.75 bits per heavy atom. The molecule has 0 spiro atoms. The number of fused-ring (bicyclic) bond motifs is 1. The molecule has 0 radical (unpaired) electrons. The second-order valence-electron chi connectivity index (χ2n) is 4.91. The summed E-state index contributed by atoms with van der Waals surface area (Å²) in [5.74, 6) is -0.0162. The van der Waals surface area contributed by atoms with E-state index in [1.54, 1.807) is 0 Å². The highest BCUT2D eigenvalue weighted by Crippen LogP contribution is 2.38. The smallest absolute Gasteiger partial charge is 0.273 e. The lowest BCUT2D eigenvalue weighted by atomic mass is 10.0. The number of non-ortho nitro benzene ring substituents is 1. The number of hydrogen-bond donors (Lipinski definition) is 1. The summed E-state index contributed by atoms with van der Waals surface area (Å²) in [7, 11) is 0. The maximum atomic E-state index is 12.3. The third-order valence-corrected chi connectivity index (χ3v) is 3.14. The molecular formula is C13H16N2O5. The molecule has 7 nitrogen and oxygen atoms in total. The standard InChI is InChI=1S/C13H16N2O5/c1-8(2)12-13(17)14(5-6-16)10-4-3-9(15(18)19)7-11(10)20-12/h3-4,7-8,12,16H,5-6H2,1-2H3. The van der Waals surface area contributed by atoms with Crippen LogP contribution >= 0.6 is 0 Å². The number of nitro benzene ring substituents is 1. The van der Waals surface area contributed by atoms with Crippen molar-refractivity contribution in [2.45, 2.75) is 20.0 Å². The summed E-state index contributed by atoms with van der Waals surface area (Å²) in [6.45, 7) is 3.62. The van der Waals surface area contributed by atoms with Crippen molar-refractivity contribution in [3.05, 3.63) is 28.3 Å². The molecule has 1 atom stereocenters. The number of aliphatic hydroxyl groups excluding tert-OH is 1. The zero-order chi connectivity index (χ0) is 14.9. The molecule has 7 heteroatoms. The Hall–Kier alpha value is -2.15. The molecule has 1 amide bonds. The summed E-state index contributed by atoms with van der Waals surface area (Å²) in [6.07, 6.45) is -0.698. The van der Waals surface area contributed by atoms with E-state index in [1.807, 2.05) is 13.8 Å². The molecule has 1 heterocycles. The van der Waals surface area contributed by atoms with Crippen LogP contribution in [0.25, 0.3) is 0 Å². The average molecular weight is 280 g/mol. The largest absolute Gasteiger partial charge is 0.478 e. The molecule has 0 aromatic heterocycles. The molecule has 108 valence electrons. The van der Waals surface area contributed by atoms with Gasteiger partial charge in [-0.3, -0.25) is 14.9 Å². The van der Waals surface area contributed by atoms with Gasteiger partial charge in [0.2, 0.25) is 0 Å². The van der Waals surface area contributed by atoms with Crippen LogP contribution in [0.4, 0.5) is 11.4 Å². The van der Waals surface area contributed by atoms with Crippen LogP contribution in [0.15, 0.2) is 18.2 Å². The zero-order valence-corrected chi connectivity index (χ0v) is 11.3. The number of nitro groups is 1. The fourth-order valence-electron chi connectivity index (χ4n) is 2.15. The van der Waals surface area contributed by atoms with Crippen LogP contribution in [-0.2, 0) is 4.79 Å². The SMILES string of the molecule is CC(C)C1Oc2cc([N+](=O)[O-])ccc2N(CCO)C1=O. The second kappa shape index (κ2) is 5.46. The Balaban J connectivity index is 2.47. The number of carbonyl (C=O) groups excluding carboxylic acids is 1. The van der Waals surface area contributed by atoms with Crippen molar-refractivity contribution in [2.75, 3.05) is 18.1 Å². The fraction of sp³-hybridized carbons (Fsp3) is 0.462. The van der Waals surface area contributed by atoms with Crippen molar-refractivity contribution in [1.82, 2.24) is 0 Å². The van der Waals surface area contributed by atoms with Gasteiger partial charge in [0.15, 0.2) is 11.9 Å². The second-order valence-corrected chi connectivity index (χ2v) is 4.91. The predicted octanol–water partition coefficient (Wildman–Crippen LogP) is 1.34. The quantitative estimate of drug-likeness (QED) is 0.663. The van der Waals surface area contributed by atoms with E-state index in [2.05, 4.69) is 0 Å². The molecule has 1 N–H and O–H groups in total. The lowest BCUT2D eigenvalue weighted by Gasteiger charge is -2.35. The first-order chi connectivity index (χ1) is 9.45. The van der Waals surface area contributed by atoms with Gasteiger partial charge in [0.1, 0.15) is 0 Å². The minimum Gasteiger partial charge on any atom is -0.478 e. The van der Waals surface area contributed by atoms with Gasteiger partial charge in [-0.1, -0.05) is 13.8 Å². The number of ether oxygens (including phenoxy) is 1. The number of hydrogen-bond acceptors (Lipinski definition) is 5. The first kappa shape index (κ1) is 14.3. The normalized spacial score (nSPS) is 17.9. The fourth-order valence-corrected chi connectivity index (χ4v) is 2.15. The van der Waals surface area contributed by atoms with Gasteiger partial charge in [0.05, 0.1) is 23.3 Å². The topological polar surface area (TPSA) is 92.9 Å². The molecule has 1 aliphatic rings. The Morgan fingerprint density at radius 2 is 2.20 bits per heavy atom. The highest BCUT2D eigenvalue weighted by atomic mass is 16.6. The summed E-state index contributed by atoms with van der Waals surface area (Å²) in [4.78, 5) is 24.0. The molecular weight excluding hydrogens is 264 g/mol. The van der Waals surface area contributed by atoms with E-state index in [1.165, 1.54) is 23.1 Å². The van der Waals surface area contributed by atoms with E-state index in [-0.39, 0.29) is 30.7 Å². The molecule has 2 rings (SSSR count). The third-order valence-electron chi connectivity index (χ3n) is 3.14. The summed E-state index contributed by atoms with van der Waals surface area (Å²) < 4.78 is 5.60. The molecule has 0 bridgehead atoms. The van der Waals surface area contributed by atoms with Gasteiger partial charge in [-0.25, -0.2) is 0 Å². The van der Waals surface area contributed by atoms with E-state index in [0.29, 0.717) is 11.4 Å². The Bertz CT molecular complexity index is 544. The molecule has 0 fully saturated rings. The summed E-state index contributed by atoms with van der Waals surface area (Å²) >= 11 is 0. The third kappa shape index (κ3) is 2.44. The highest BCUT2D eigenvalue weighted by molar-refractivity contribution is 6.00. The summed E-state index contributed by atoms with van der Waals surface area (Å²) in [6, 6.07) is 4.09. The summed E-state index contributed by atoms with van der Waals surface area (Å²) in [5.41, 5.74) is 0.358. The maximum Gasteiger partial charge on any atom is 0.273 e. The van der Waals surface area contributed by atoms with Crippen LogP contribution < -0.4 is 9.64 Å². The molecule has 1 aromatic carbocycles. The number of benzene rings is 1. The van der Waals surface area contributed by atoms with Crippen LogP contribution in [0, 0.1) is 16.0 Å². The molecule has 1 aromatic rings. The average Bonchev–Trinajstić information content (AvgIpc) is 2.40. The minimum absolute atomic E-state index is 0.0731. The molecule has 0 saturated heterocycles. The number of carbonyl (C=O) groups is 1. The van der Waals surface area contributed by atoms with Gasteiger partial charge in [-0.15, -0.1) is 0 Å². The number of anilines is 1. The number of amides is 1. The van der Waals surface area contributed by atoms with Gasteiger partial charge >= 0.3 is 0 Å². The number of nitrogens with zero attached hydrogens (tertiary/aromatic N) is 2. The van der Waals surface area contributed by atoms with Crippen LogP contribution in [0.3, 0.4) is 0 Å². The Morgan fingerprint density at radius 1 is 1.50 bits per heavy atom. The Kier molecular flexibility index (Phi) is 3.89. The van der Waals surface area contributed by atoms with Crippen molar-refractivity contribution in [3.8, 4) is 5.75 Å². The van der Waals surface area contributed by atoms with Gasteiger partial charge < -0.3 is 14.7 Å². The van der Waals surface area contributed by atoms with Crippen LogP contribution in [0.1, 0.15) is 13.8 Å². The molecule has 0 aliphatic carbocycles. The monoisotopic (exact) mass is 280 g/mol. The van der Waals surface area contributed by atoms with Crippen molar-refractivity contribution >= 4 is 17.3 Å². The van der Waals surface area contributed by atoms with Crippen molar-refractivity contribution < 1.29 is 19.6 Å². The van der Waals surface area contributed by atoms with E-state index in [0.717, 1.165) is 0 Å². The van der Waals surface area contributed by atoms with Gasteiger partial charge in [-0.05, 0) is 12.0 Å². The van der Waals surface area contributed by atoms with Crippen LogP contribution in [0.5, 0.6) is 5.75 Å². The van der Waals surface area contributed by atoms with Gasteiger partial charge in [-0.2, -0.15) is 0 Å². The molecule has 1 aliphatic heterocycles. The number of β-amino-alcohol motifs (C(OH)–C–C–N with tert-alkyl or cyclic N) is 1. The van der Waals surface area contributed by atoms with E-state index < -0.39 is 11.0 Å². The van der Waals surface area contributed by atoms with Crippen LogP contribution in [0.2, 0.25) is 0 Å². The molecule has 0 saturated carbocycles. The minimum atomic E-state index is -0.698. The van der Waals surface area contributed by atoms with Crippen molar-refractivity contribution in [1.29, 1.82) is 0 Å². The predicted molar refractivity (Wildman–Crippen MR) is 71.8 cm³/mol. The lowest BCUT2D eigenvalue weighted by molar-refractivity contribution is -0.384. The van der Waals surface area contributed by atoms with E-state index >= 15 is 0 Å². The molecule has 1 unspecified atom stereocenters. The van der Waals surface area contributed by atoms with Crippen molar-refractivity contribution in [3.63, 3.8) is 0 Å². The number of rotatable bonds is 4. The maximum absolute atomic E-state index is 12.3. The van der Waals surface area contributed by atoms with Crippen molar-refractivity contribution in [2.24, 2.45) is 5.92 Å². The Labute approximate surface area is 115 Å². The van der Waals surface area contributed by atoms with E-state index in [4.69, 9.17) is 9.84 Å². The van der Waals surface area contributed by atoms with Crippen LogP contribution in [-0.4, -0.2) is 35.2 Å². The van der Waals surface area contributed by atoms with Gasteiger partial charge in [0, 0.05) is 12.6 Å². The first-order valence-electron chi connectivity index (χ1n) is 6.33. The lowest BCUT2D eigenvalue weighted by Crippen LogP contribution is -2.49. The van der Waals surface area contributed by atoms with E-state index in [9.17, 15) is 14.9 Å². The van der Waals surface area contributed by atoms with Gasteiger partial charge in [0.25, 0.3) is 11.6 Å². The highest BCUT2D eigenvalue weighted by Gasteiger charge is 2.36. The molecule has 20 heavy (non-hydrogen) atoms. The number of aliphatic hydroxyl groups is 1.